The topological polar surface area (TPSA) is 98.5 Å². The monoisotopic (exact) mass is 318 g/mol. The van der Waals surface area contributed by atoms with Crippen LogP contribution in [0.3, 0.4) is 0 Å². The number of hydrogen-bond acceptors (Lipinski definition) is 4. The number of carbonyl (C=O) groups is 1. The molecule has 0 aromatic heterocycles. The van der Waals surface area contributed by atoms with Gasteiger partial charge in [-0.05, 0) is 30.3 Å². The van der Waals surface area contributed by atoms with Gasteiger partial charge in [0, 0.05) is 11.1 Å². The quantitative estimate of drug-likeness (QED) is 0.888. The smallest absolute Gasteiger partial charge is 0.251 e. The first-order valence-corrected chi connectivity index (χ1v) is 8.15. The van der Waals surface area contributed by atoms with Crippen LogP contribution in [0.25, 0.3) is 0 Å². The molecule has 0 saturated carbocycles. The summed E-state index contributed by atoms with van der Waals surface area (Å²) in [7, 11) is -3.76. The number of benzene rings is 2. The minimum Gasteiger partial charge on any atom is -0.491 e. The van der Waals surface area contributed by atoms with E-state index < -0.39 is 10.0 Å². The number of ether oxygens (including phenoxy) is 1. The van der Waals surface area contributed by atoms with Crippen molar-refractivity contribution >= 4 is 15.9 Å². The molecular weight excluding hydrogens is 304 g/mol. The van der Waals surface area contributed by atoms with Crippen LogP contribution in [0.5, 0.6) is 5.75 Å². The van der Waals surface area contributed by atoms with E-state index in [2.05, 4.69) is 5.32 Å². The average molecular weight is 318 g/mol. The van der Waals surface area contributed by atoms with Crippen molar-refractivity contribution in [2.45, 2.75) is 10.9 Å². The molecule has 7 heteroatoms. The van der Waals surface area contributed by atoms with Gasteiger partial charge in [0.25, 0.3) is 5.91 Å². The lowest BCUT2D eigenvalue weighted by atomic mass is 10.1. The zero-order chi connectivity index (χ0) is 15.7. The number of rotatable bonds is 3. The van der Waals surface area contributed by atoms with Crippen LogP contribution in [0.1, 0.15) is 22.0 Å². The summed E-state index contributed by atoms with van der Waals surface area (Å²) in [4.78, 5) is 12.2. The normalized spacial score (nSPS) is 16.7. The summed E-state index contributed by atoms with van der Waals surface area (Å²) in [6.07, 6.45) is 0. The molecule has 2 aromatic carbocycles. The van der Waals surface area contributed by atoms with Gasteiger partial charge in [0.1, 0.15) is 12.4 Å². The van der Waals surface area contributed by atoms with Gasteiger partial charge in [0.15, 0.2) is 0 Å². The Bertz CT molecular complexity index is 816. The van der Waals surface area contributed by atoms with Crippen LogP contribution in [-0.2, 0) is 10.0 Å². The Kier molecular flexibility index (Phi) is 3.59. The first kappa shape index (κ1) is 14.6. The molecule has 0 bridgehead atoms. The summed E-state index contributed by atoms with van der Waals surface area (Å²) in [5, 5.41) is 7.89. The molecule has 3 rings (SSSR count). The molecule has 1 heterocycles. The van der Waals surface area contributed by atoms with Gasteiger partial charge in [0.2, 0.25) is 10.0 Å². The lowest BCUT2D eigenvalue weighted by Crippen LogP contribution is -2.29. The van der Waals surface area contributed by atoms with Crippen molar-refractivity contribution < 1.29 is 17.9 Å². The molecule has 1 amide bonds. The van der Waals surface area contributed by atoms with Crippen LogP contribution in [0.15, 0.2) is 53.4 Å². The maximum Gasteiger partial charge on any atom is 0.251 e. The lowest BCUT2D eigenvalue weighted by Gasteiger charge is -2.12. The summed E-state index contributed by atoms with van der Waals surface area (Å²) in [5.41, 5.74) is 1.29. The predicted molar refractivity (Wildman–Crippen MR) is 80.0 cm³/mol. The molecule has 0 aliphatic carbocycles. The minimum absolute atomic E-state index is 0.0291. The van der Waals surface area contributed by atoms with Gasteiger partial charge in [-0.2, -0.15) is 0 Å². The van der Waals surface area contributed by atoms with Crippen molar-refractivity contribution in [1.82, 2.24) is 5.32 Å². The number of nitrogens with one attached hydrogen (secondary N) is 1. The molecule has 0 saturated heterocycles. The van der Waals surface area contributed by atoms with Crippen molar-refractivity contribution in [1.29, 1.82) is 0 Å². The Morgan fingerprint density at radius 2 is 1.82 bits per heavy atom. The van der Waals surface area contributed by atoms with E-state index in [9.17, 15) is 13.2 Å². The van der Waals surface area contributed by atoms with E-state index in [4.69, 9.17) is 9.88 Å². The van der Waals surface area contributed by atoms with Gasteiger partial charge >= 0.3 is 0 Å². The molecule has 1 atom stereocenters. The van der Waals surface area contributed by atoms with Crippen LogP contribution in [0, 0.1) is 0 Å². The van der Waals surface area contributed by atoms with Crippen LogP contribution in [0.2, 0.25) is 0 Å². The van der Waals surface area contributed by atoms with Crippen LogP contribution >= 0.6 is 0 Å². The number of hydrogen-bond donors (Lipinski definition) is 2. The Balaban J connectivity index is 1.76. The van der Waals surface area contributed by atoms with E-state index in [1.165, 1.54) is 24.3 Å². The molecule has 3 N–H and O–H groups in total. The van der Waals surface area contributed by atoms with Crippen molar-refractivity contribution in [3.05, 3.63) is 59.7 Å². The number of para-hydroxylation sites is 1. The van der Waals surface area contributed by atoms with Gasteiger partial charge < -0.3 is 10.1 Å². The van der Waals surface area contributed by atoms with E-state index in [0.29, 0.717) is 12.2 Å². The molecule has 0 radical (unpaired) electrons. The molecule has 114 valence electrons. The third kappa shape index (κ3) is 2.81. The second-order valence-corrected chi connectivity index (χ2v) is 6.51. The molecular formula is C15H14N2O4S. The Morgan fingerprint density at radius 3 is 2.50 bits per heavy atom. The number of carbonyl (C=O) groups excluding carboxylic acids is 1. The molecule has 0 unspecified atom stereocenters. The van der Waals surface area contributed by atoms with Crippen LogP contribution < -0.4 is 15.2 Å². The molecule has 2 aromatic rings. The molecule has 22 heavy (non-hydrogen) atoms. The molecule has 1 aliphatic rings. The maximum atomic E-state index is 12.2. The Labute approximate surface area is 128 Å². The predicted octanol–water partition coefficient (Wildman–Crippen LogP) is 1.20. The lowest BCUT2D eigenvalue weighted by molar-refractivity contribution is 0.0930. The highest BCUT2D eigenvalue weighted by atomic mass is 32.2. The molecule has 1 aliphatic heterocycles. The van der Waals surface area contributed by atoms with Crippen LogP contribution in [0.4, 0.5) is 0 Å². The number of amides is 1. The molecule has 0 spiro atoms. The second kappa shape index (κ2) is 5.43. The van der Waals surface area contributed by atoms with Gasteiger partial charge in [-0.3, -0.25) is 4.79 Å². The van der Waals surface area contributed by atoms with Gasteiger partial charge in [-0.25, -0.2) is 13.6 Å². The van der Waals surface area contributed by atoms with E-state index in [0.717, 1.165) is 11.3 Å². The molecule has 0 fully saturated rings. The fraction of sp³-hybridized carbons (Fsp3) is 0.133. The summed E-state index contributed by atoms with van der Waals surface area (Å²) in [6.45, 7) is 0.375. The highest BCUT2D eigenvalue weighted by Gasteiger charge is 2.25. The zero-order valence-electron chi connectivity index (χ0n) is 11.5. The van der Waals surface area contributed by atoms with Gasteiger partial charge in [-0.1, -0.05) is 18.2 Å². The SMILES string of the molecule is NS(=O)(=O)c1ccc(C(=O)N[C@@H]2COc3ccccc32)cc1. The fourth-order valence-corrected chi connectivity index (χ4v) is 2.84. The van der Waals surface area contributed by atoms with Crippen molar-refractivity contribution in [3.63, 3.8) is 0 Å². The number of sulfonamides is 1. The van der Waals surface area contributed by atoms with E-state index in [1.54, 1.807) is 0 Å². The Morgan fingerprint density at radius 1 is 1.14 bits per heavy atom. The fourth-order valence-electron chi connectivity index (χ4n) is 2.32. The molecule has 6 nitrogen and oxygen atoms in total. The first-order valence-electron chi connectivity index (χ1n) is 6.60. The third-order valence-corrected chi connectivity index (χ3v) is 4.38. The standard InChI is InChI=1S/C15H14N2O4S/c16-22(19,20)11-7-5-10(6-8-11)15(18)17-13-9-21-14-4-2-1-3-12(13)14/h1-8,13H,9H2,(H,17,18)(H2,16,19,20)/t13-/m1/s1. The van der Waals surface area contributed by atoms with Gasteiger partial charge in [-0.15, -0.1) is 0 Å². The Hall–Kier alpha value is -2.38. The summed E-state index contributed by atoms with van der Waals surface area (Å²) in [5.74, 6) is 0.462. The van der Waals surface area contributed by atoms with E-state index in [-0.39, 0.29) is 16.8 Å². The van der Waals surface area contributed by atoms with Crippen molar-refractivity contribution in [3.8, 4) is 5.75 Å². The van der Waals surface area contributed by atoms with Crippen LogP contribution in [-0.4, -0.2) is 20.9 Å². The van der Waals surface area contributed by atoms with Gasteiger partial charge in [0.05, 0.1) is 10.9 Å². The largest absolute Gasteiger partial charge is 0.491 e. The number of primary sulfonamides is 1. The highest BCUT2D eigenvalue weighted by molar-refractivity contribution is 7.89. The number of nitrogens with two attached hydrogens (primary N) is 1. The second-order valence-electron chi connectivity index (χ2n) is 4.94. The number of fused-ring (bicyclic) bond motifs is 1. The summed E-state index contributed by atoms with van der Waals surface area (Å²) >= 11 is 0. The van der Waals surface area contributed by atoms with Crippen molar-refractivity contribution in [2.75, 3.05) is 6.61 Å². The third-order valence-electron chi connectivity index (χ3n) is 3.45. The van der Waals surface area contributed by atoms with E-state index in [1.807, 2.05) is 24.3 Å². The van der Waals surface area contributed by atoms with Crippen molar-refractivity contribution in [2.24, 2.45) is 5.14 Å². The average Bonchev–Trinajstić information content (AvgIpc) is 2.90. The van der Waals surface area contributed by atoms with E-state index >= 15 is 0 Å². The maximum absolute atomic E-state index is 12.2. The summed E-state index contributed by atoms with van der Waals surface area (Å²) in [6, 6.07) is 12.8. The summed E-state index contributed by atoms with van der Waals surface area (Å²) < 4.78 is 27.9. The minimum atomic E-state index is -3.76. The first-order chi connectivity index (χ1) is 10.4. The highest BCUT2D eigenvalue weighted by Crippen LogP contribution is 2.31. The zero-order valence-corrected chi connectivity index (χ0v) is 12.3.